The third-order valence-electron chi connectivity index (χ3n) is 18.5. The van der Waals surface area contributed by atoms with Crippen molar-refractivity contribution in [3.8, 4) is 16.4 Å². The minimum absolute atomic E-state index is 0.0239. The molecule has 7 aromatic carbocycles. The number of fused-ring (bicyclic) bond motifs is 3. The van der Waals surface area contributed by atoms with Gasteiger partial charge in [0, 0.05) is 53.7 Å². The molecule has 8 aromatic rings. The van der Waals surface area contributed by atoms with Crippen LogP contribution in [0, 0.1) is 25.1 Å². The van der Waals surface area contributed by atoms with E-state index >= 15 is 0 Å². The van der Waals surface area contributed by atoms with E-state index in [2.05, 4.69) is 183 Å². The number of rotatable bonds is 19. The summed E-state index contributed by atoms with van der Waals surface area (Å²) < 4.78 is 151. The smallest absolute Gasteiger partial charge is 0.518 e. The Bertz CT molecular complexity index is 4780. The van der Waals surface area contributed by atoms with Crippen LogP contribution in [-0.2, 0) is 59.6 Å². The van der Waals surface area contributed by atoms with Crippen LogP contribution in [0.25, 0.3) is 25.1 Å². The van der Waals surface area contributed by atoms with Gasteiger partial charge >= 0.3 is 39.6 Å². The van der Waals surface area contributed by atoms with Gasteiger partial charge in [0.15, 0.2) is 14.3 Å². The Kier molecular flexibility index (Phi) is 36.3. The zero-order valence-corrected chi connectivity index (χ0v) is 75.7. The van der Waals surface area contributed by atoms with Gasteiger partial charge in [0.1, 0.15) is 22.8 Å². The van der Waals surface area contributed by atoms with Gasteiger partial charge < -0.3 is 45.3 Å². The van der Waals surface area contributed by atoms with E-state index in [-0.39, 0.29) is 57.1 Å². The first-order valence-electron chi connectivity index (χ1n) is 35.1. The predicted octanol–water partition coefficient (Wildman–Crippen LogP) is 20.0. The van der Waals surface area contributed by atoms with Gasteiger partial charge in [-0.15, -0.1) is 0 Å². The van der Waals surface area contributed by atoms with Crippen LogP contribution in [0.5, 0.6) is 11.5 Å². The van der Waals surface area contributed by atoms with Gasteiger partial charge in [-0.05, 0) is 277 Å². The van der Waals surface area contributed by atoms with Crippen LogP contribution in [0.4, 0.5) is 43.4 Å². The standard InChI is InChI=1S/C18H13S.C16H18F3IO7S.C12H9F3I3N3O5S.C12H22O2.C11H17N.C11H16O/c1-2-8-14(9-3-1)19-17-12-6-4-10-15(17)16-11-5-7-13-18(16)19;1-4-15(2,3)14(22)26-11-7-9(5-6-10(11)20)13(21)27-12(16(17,18)19)8-28(23,24)25;1-3(22)19-9-6(16)5(7(17)10(8(9)18)20-4(2)23)11(24)21-27(25,26)12(13,14)15;1-5-11(2,3)10(13)14-12(4)8-6-7-9-12;1-4-11(2,3)9-5-7-10(12)8-6-9;1-4-11(2,3)9-6-5-7-10(12)8-9/h1-13H;5-7,12H,4,8H2,1-3H3,(H,23,24,25);1-2H3,(H,19,22)(H,20,23)(H,21,24);5-9H2,1-4H3;5-8H,4,12H2,1-3H3;5-8,12H,4H2,1-3H3/q+1;;;;;/p-1. The number of benzene rings is 7. The first kappa shape index (κ1) is 98.1. The maximum Gasteiger partial charge on any atom is 0.518 e. The third kappa shape index (κ3) is 28.6. The summed E-state index contributed by atoms with van der Waals surface area (Å²) >= 11 is 6.70. The Labute approximate surface area is 708 Å². The molecular formula is C80H94F6I4N4O15S3. The summed E-state index contributed by atoms with van der Waals surface area (Å²) in [6.45, 7) is 28.6. The fourth-order valence-corrected chi connectivity index (χ4v) is 18.0. The molecule has 1 heterocycles. The highest BCUT2D eigenvalue weighted by Gasteiger charge is 2.47. The molecular weight excluding hydrogens is 1970 g/mol. The molecule has 1 unspecified atom stereocenters. The molecule has 0 bridgehead atoms. The lowest BCUT2D eigenvalue weighted by atomic mass is 9.82. The summed E-state index contributed by atoms with van der Waals surface area (Å²) in [6.07, 6.45) is -0.393. The van der Waals surface area contributed by atoms with Crippen LogP contribution >= 0.6 is 101 Å². The SMILES string of the molecule is CC(=O)Nc1c(I)c(NC(C)=O)c(I)c(C([O-])=NS(=O)(=O)C(F)(F)F)c1I.CCC(C)(C)C(=O)OC1(C)CCCC1.CCC(C)(C)C(=O)Oc1cc(C(=O)OC(CS(=O)(=O)[O-])C(F)(F)F)ccc1I.CCC(C)(C)c1ccc([NH3+])cc1.CCC(C)(C)c1cccc(O)c1.c1ccc(-[s+]2c3ccccc3c3ccccc32)cc1. The number of phenols is 1. The van der Waals surface area contributed by atoms with Crippen molar-refractivity contribution in [3.63, 3.8) is 0 Å². The molecule has 2 amide bonds. The van der Waals surface area contributed by atoms with E-state index < -0.39 is 89.9 Å². The van der Waals surface area contributed by atoms with Gasteiger partial charge in [-0.1, -0.05) is 122 Å². The average Bonchev–Trinajstić information content (AvgIpc) is 1.62. The summed E-state index contributed by atoms with van der Waals surface area (Å²) in [5.74, 6) is -6.62. The number of hydrogen-bond acceptors (Lipinski definition) is 15. The molecule has 1 atom stereocenters. The number of halogens is 10. The Morgan fingerprint density at radius 3 is 1.52 bits per heavy atom. The van der Waals surface area contributed by atoms with Gasteiger partial charge in [-0.3, -0.25) is 19.2 Å². The summed E-state index contributed by atoms with van der Waals surface area (Å²) in [5, 5.41) is 29.1. The zero-order valence-electron chi connectivity index (χ0n) is 64.6. The number of nitrogens with zero attached hydrogens (tertiary/aromatic N) is 1. The fourth-order valence-electron chi connectivity index (χ4n) is 9.98. The highest BCUT2D eigenvalue weighted by Crippen LogP contribution is 2.48. The van der Waals surface area contributed by atoms with E-state index in [1.54, 1.807) is 117 Å². The van der Waals surface area contributed by atoms with E-state index in [9.17, 15) is 81.9 Å². The summed E-state index contributed by atoms with van der Waals surface area (Å²) in [7, 11) is -11.3. The molecule has 1 aliphatic rings. The Balaban J connectivity index is 0.000000292. The van der Waals surface area contributed by atoms with Crippen LogP contribution in [0.1, 0.15) is 182 Å². The predicted molar refractivity (Wildman–Crippen MR) is 459 cm³/mol. The van der Waals surface area contributed by atoms with Crippen molar-refractivity contribution in [2.45, 2.75) is 189 Å². The van der Waals surface area contributed by atoms with Crippen molar-refractivity contribution in [1.82, 2.24) is 0 Å². The monoisotopic (exact) mass is 2070 g/mol. The summed E-state index contributed by atoms with van der Waals surface area (Å²) in [6, 6.07) is 47.8. The molecule has 0 aliphatic heterocycles. The van der Waals surface area contributed by atoms with E-state index in [4.69, 9.17) is 9.47 Å². The molecule has 0 saturated heterocycles. The number of hydrogen-bond donors (Lipinski definition) is 4. The summed E-state index contributed by atoms with van der Waals surface area (Å²) in [5.41, 5.74) is 0.0788. The van der Waals surface area contributed by atoms with Crippen molar-refractivity contribution >= 4 is 194 Å². The molecule has 1 aliphatic carbocycles. The maximum atomic E-state index is 12.9. The number of anilines is 2. The van der Waals surface area contributed by atoms with Crippen molar-refractivity contribution in [2.24, 2.45) is 15.2 Å². The number of quaternary nitrogens is 1. The minimum Gasteiger partial charge on any atom is -0.858 e. The number of ether oxygens (including phenoxy) is 3. The number of nitrogens with one attached hydrogen (secondary N) is 2. The van der Waals surface area contributed by atoms with E-state index in [0.717, 1.165) is 57.4 Å². The molecule has 1 fully saturated rings. The molecule has 112 heavy (non-hydrogen) atoms. The molecule has 19 nitrogen and oxygen atoms in total. The van der Waals surface area contributed by atoms with Crippen LogP contribution in [0.3, 0.4) is 0 Å². The number of carbonyl (C=O) groups excluding carboxylic acids is 5. The normalized spacial score (nSPS) is 13.5. The van der Waals surface area contributed by atoms with Gasteiger partial charge in [0.05, 0.1) is 50.8 Å². The number of phenolic OH excluding ortho intramolecular Hbond substituents is 1. The Morgan fingerprint density at radius 2 is 1.08 bits per heavy atom. The van der Waals surface area contributed by atoms with Gasteiger partial charge in [0.25, 0.3) is 0 Å². The van der Waals surface area contributed by atoms with Gasteiger partial charge in [0.2, 0.25) is 17.9 Å². The number of carbonyl (C=O) groups is 5. The Hall–Kier alpha value is -6.30. The molecule has 612 valence electrons. The molecule has 0 radical (unpaired) electrons. The summed E-state index contributed by atoms with van der Waals surface area (Å²) in [4.78, 5) is 60.3. The second kappa shape index (κ2) is 41.5. The number of esters is 3. The fraction of sp³-hybridized carbons (Fsp3) is 0.400. The largest absolute Gasteiger partial charge is 0.858 e. The second-order valence-corrected chi connectivity index (χ2v) is 38.2. The lowest BCUT2D eigenvalue weighted by Gasteiger charge is -2.29. The van der Waals surface area contributed by atoms with Crippen molar-refractivity contribution < 1.29 is 102 Å². The van der Waals surface area contributed by atoms with Crippen LogP contribution in [0.2, 0.25) is 0 Å². The number of aromatic hydroxyl groups is 1. The lowest BCUT2D eigenvalue weighted by molar-refractivity contribution is -0.254. The molecule has 1 aromatic heterocycles. The second-order valence-electron chi connectivity index (χ2n) is 28.8. The zero-order chi connectivity index (χ0) is 85.1. The Morgan fingerprint density at radius 1 is 0.616 bits per heavy atom. The quantitative estimate of drug-likeness (QED) is 0.00855. The van der Waals surface area contributed by atoms with Crippen LogP contribution < -0.4 is 26.2 Å². The van der Waals surface area contributed by atoms with E-state index in [1.165, 1.54) is 61.5 Å². The number of alkyl halides is 6. The van der Waals surface area contributed by atoms with Crippen molar-refractivity contribution in [1.29, 1.82) is 0 Å². The highest BCUT2D eigenvalue weighted by atomic mass is 127. The van der Waals surface area contributed by atoms with E-state index in [1.807, 2.05) is 32.9 Å². The lowest BCUT2D eigenvalue weighted by Crippen LogP contribution is -2.40. The topological polar surface area (TPSA) is 312 Å². The first-order chi connectivity index (χ1) is 51.6. The number of amides is 2. The van der Waals surface area contributed by atoms with E-state index in [0.29, 0.717) is 24.7 Å². The van der Waals surface area contributed by atoms with Crippen molar-refractivity contribution in [3.05, 3.63) is 182 Å². The molecule has 32 heteroatoms. The number of sulfonamides is 1. The third-order valence-corrected chi connectivity index (χ3v) is 26.6. The van der Waals surface area contributed by atoms with Gasteiger partial charge in [-0.25, -0.2) is 13.2 Å². The van der Waals surface area contributed by atoms with Gasteiger partial charge in [-0.2, -0.15) is 39.2 Å². The first-order valence-corrected chi connectivity index (χ1v) is 43.7. The average molecular weight is 2070 g/mol. The number of thiophene rings is 1. The molecule has 9 rings (SSSR count). The highest BCUT2D eigenvalue weighted by molar-refractivity contribution is 14.1. The van der Waals surface area contributed by atoms with Crippen LogP contribution in [0.15, 0.2) is 150 Å². The minimum atomic E-state index is -6.07. The maximum absolute atomic E-state index is 12.9. The van der Waals surface area contributed by atoms with Crippen molar-refractivity contribution in [2.75, 3.05) is 16.4 Å². The molecule has 0 spiro atoms. The molecule has 1 saturated carbocycles. The van der Waals surface area contributed by atoms with Crippen LogP contribution in [-0.4, -0.2) is 91.3 Å². The molecule has 6 N–H and O–H groups in total.